The summed E-state index contributed by atoms with van der Waals surface area (Å²) < 4.78 is 25.3. The monoisotopic (exact) mass is 359 g/mol. The first-order chi connectivity index (χ1) is 8.90. The van der Waals surface area contributed by atoms with Gasteiger partial charge >= 0.3 is 0 Å². The van der Waals surface area contributed by atoms with Crippen LogP contribution in [-0.2, 0) is 15.6 Å². The first-order valence-electron chi connectivity index (χ1n) is 5.41. The van der Waals surface area contributed by atoms with E-state index in [2.05, 4.69) is 15.9 Å². The molecule has 0 fully saturated rings. The Morgan fingerprint density at radius 3 is 2.47 bits per heavy atom. The summed E-state index contributed by atoms with van der Waals surface area (Å²) in [5.74, 6) is -0.127. The molecule has 0 amide bonds. The minimum Gasteiger partial charge on any atom is -0.399 e. The molecule has 2 rings (SSSR count). The second-order valence-corrected chi connectivity index (χ2v) is 7.26. The predicted molar refractivity (Wildman–Crippen MR) is 80.9 cm³/mol. The second-order valence-electron chi connectivity index (χ2n) is 4.04. The highest BCUT2D eigenvalue weighted by atomic mass is 79.9. The van der Waals surface area contributed by atoms with E-state index in [9.17, 15) is 8.42 Å². The SMILES string of the molecule is Nc1ccc(CS(=O)(=O)c2ccccc2Cl)c(Br)c1. The Bertz CT molecular complexity index is 716. The molecule has 0 saturated heterocycles. The van der Waals surface area contributed by atoms with E-state index in [4.69, 9.17) is 17.3 Å². The summed E-state index contributed by atoms with van der Waals surface area (Å²) in [5.41, 5.74) is 6.85. The normalized spacial score (nSPS) is 11.5. The van der Waals surface area contributed by atoms with Gasteiger partial charge in [-0.15, -0.1) is 0 Å². The molecule has 0 aliphatic rings. The topological polar surface area (TPSA) is 60.2 Å². The Balaban J connectivity index is 2.40. The molecule has 100 valence electrons. The number of hydrogen-bond donors (Lipinski definition) is 1. The van der Waals surface area contributed by atoms with Gasteiger partial charge < -0.3 is 5.73 Å². The molecule has 0 spiro atoms. The molecule has 2 aromatic carbocycles. The van der Waals surface area contributed by atoms with Crippen LogP contribution in [0.25, 0.3) is 0 Å². The standard InChI is InChI=1S/C13H11BrClNO2S/c14-11-7-10(16)6-5-9(11)8-19(17,18)13-4-2-1-3-12(13)15/h1-7H,8,16H2. The second kappa shape index (κ2) is 5.53. The largest absolute Gasteiger partial charge is 0.399 e. The Morgan fingerprint density at radius 2 is 1.84 bits per heavy atom. The molecular formula is C13H11BrClNO2S. The van der Waals surface area contributed by atoms with E-state index in [0.29, 0.717) is 15.7 Å². The lowest BCUT2D eigenvalue weighted by molar-refractivity contribution is 0.595. The van der Waals surface area contributed by atoms with E-state index in [-0.39, 0.29) is 15.7 Å². The van der Waals surface area contributed by atoms with Gasteiger partial charge in [0.25, 0.3) is 0 Å². The summed E-state index contributed by atoms with van der Waals surface area (Å²) >= 11 is 9.24. The first-order valence-corrected chi connectivity index (χ1v) is 8.23. The zero-order valence-corrected chi connectivity index (χ0v) is 13.0. The minimum atomic E-state index is -3.48. The van der Waals surface area contributed by atoms with Crippen LogP contribution in [0.3, 0.4) is 0 Å². The van der Waals surface area contributed by atoms with Crippen LogP contribution >= 0.6 is 27.5 Å². The molecule has 0 bridgehead atoms. The molecule has 0 aliphatic heterocycles. The van der Waals surface area contributed by atoms with Crippen molar-refractivity contribution in [3.05, 3.63) is 57.5 Å². The smallest absolute Gasteiger partial charge is 0.184 e. The zero-order valence-electron chi connectivity index (χ0n) is 9.81. The third-order valence-electron chi connectivity index (χ3n) is 2.59. The fraction of sp³-hybridized carbons (Fsp3) is 0.0769. The van der Waals surface area contributed by atoms with Crippen LogP contribution in [0.1, 0.15) is 5.56 Å². The van der Waals surface area contributed by atoms with Gasteiger partial charge in [-0.3, -0.25) is 0 Å². The zero-order chi connectivity index (χ0) is 14.0. The third-order valence-corrected chi connectivity index (χ3v) is 5.49. The summed E-state index contributed by atoms with van der Waals surface area (Å²) in [4.78, 5) is 0.139. The number of rotatable bonds is 3. The quantitative estimate of drug-likeness (QED) is 0.850. The molecule has 19 heavy (non-hydrogen) atoms. The van der Waals surface area contributed by atoms with Gasteiger partial charge in [0.05, 0.1) is 15.7 Å². The summed E-state index contributed by atoms with van der Waals surface area (Å²) in [6, 6.07) is 11.4. The van der Waals surface area contributed by atoms with Crippen LogP contribution in [0, 0.1) is 0 Å². The summed E-state index contributed by atoms with van der Waals surface area (Å²) in [5, 5.41) is 0.231. The van der Waals surface area contributed by atoms with Gasteiger partial charge in [0.1, 0.15) is 0 Å². The Hall–Kier alpha value is -1.04. The van der Waals surface area contributed by atoms with Crippen LogP contribution in [0.2, 0.25) is 5.02 Å². The van der Waals surface area contributed by atoms with Crippen molar-refractivity contribution < 1.29 is 8.42 Å². The van der Waals surface area contributed by atoms with Crippen LogP contribution in [0.4, 0.5) is 5.69 Å². The van der Waals surface area contributed by atoms with Crippen molar-refractivity contribution in [1.82, 2.24) is 0 Å². The molecule has 2 N–H and O–H groups in total. The van der Waals surface area contributed by atoms with Crippen LogP contribution in [0.5, 0.6) is 0 Å². The lowest BCUT2D eigenvalue weighted by atomic mass is 10.2. The van der Waals surface area contributed by atoms with E-state index in [1.54, 1.807) is 36.4 Å². The van der Waals surface area contributed by atoms with Gasteiger partial charge in [-0.05, 0) is 29.8 Å². The average Bonchev–Trinajstić information content (AvgIpc) is 2.33. The van der Waals surface area contributed by atoms with Crippen LogP contribution < -0.4 is 5.73 Å². The maximum absolute atomic E-state index is 12.3. The van der Waals surface area contributed by atoms with Crippen LogP contribution in [-0.4, -0.2) is 8.42 Å². The van der Waals surface area contributed by atoms with Crippen molar-refractivity contribution in [2.75, 3.05) is 5.73 Å². The van der Waals surface area contributed by atoms with Crippen molar-refractivity contribution in [2.45, 2.75) is 10.6 Å². The van der Waals surface area contributed by atoms with Crippen molar-refractivity contribution in [2.24, 2.45) is 0 Å². The highest BCUT2D eigenvalue weighted by Crippen LogP contribution is 2.27. The molecular weight excluding hydrogens is 350 g/mol. The van der Waals surface area contributed by atoms with Crippen molar-refractivity contribution in [1.29, 1.82) is 0 Å². The Kier molecular flexibility index (Phi) is 4.18. The molecule has 6 heteroatoms. The number of nitrogens with two attached hydrogens (primary N) is 1. The van der Waals surface area contributed by atoms with Gasteiger partial charge in [-0.25, -0.2) is 8.42 Å². The molecule has 0 unspecified atom stereocenters. The number of nitrogen functional groups attached to an aromatic ring is 1. The first kappa shape index (κ1) is 14.4. The highest BCUT2D eigenvalue weighted by molar-refractivity contribution is 9.10. The van der Waals surface area contributed by atoms with Crippen molar-refractivity contribution >= 4 is 43.1 Å². The number of sulfone groups is 1. The molecule has 0 aromatic heterocycles. The lowest BCUT2D eigenvalue weighted by Crippen LogP contribution is -2.06. The van der Waals surface area contributed by atoms with Gasteiger partial charge in [0, 0.05) is 10.2 Å². The fourth-order valence-corrected chi connectivity index (χ4v) is 4.34. The van der Waals surface area contributed by atoms with E-state index in [1.807, 2.05) is 0 Å². The van der Waals surface area contributed by atoms with Gasteiger partial charge in [0.2, 0.25) is 0 Å². The lowest BCUT2D eigenvalue weighted by Gasteiger charge is -2.08. The van der Waals surface area contributed by atoms with E-state index < -0.39 is 9.84 Å². The molecule has 0 saturated carbocycles. The number of benzene rings is 2. The van der Waals surface area contributed by atoms with Gasteiger partial charge in [-0.1, -0.05) is 45.7 Å². The van der Waals surface area contributed by atoms with Crippen molar-refractivity contribution in [3.63, 3.8) is 0 Å². The maximum atomic E-state index is 12.3. The van der Waals surface area contributed by atoms with Gasteiger partial charge in [-0.2, -0.15) is 0 Å². The molecule has 0 atom stereocenters. The molecule has 0 heterocycles. The predicted octanol–water partition coefficient (Wildman–Crippen LogP) is 3.66. The Morgan fingerprint density at radius 1 is 1.16 bits per heavy atom. The van der Waals surface area contributed by atoms with Gasteiger partial charge in [0.15, 0.2) is 9.84 Å². The maximum Gasteiger partial charge on any atom is 0.184 e. The molecule has 0 aliphatic carbocycles. The third kappa shape index (κ3) is 3.29. The number of halogens is 2. The number of anilines is 1. The fourth-order valence-electron chi connectivity index (χ4n) is 1.66. The highest BCUT2D eigenvalue weighted by Gasteiger charge is 2.19. The van der Waals surface area contributed by atoms with Crippen molar-refractivity contribution in [3.8, 4) is 0 Å². The summed E-state index contributed by atoms with van der Waals surface area (Å²) in [6.07, 6.45) is 0. The van der Waals surface area contributed by atoms with Crippen LogP contribution in [0.15, 0.2) is 51.8 Å². The number of hydrogen-bond acceptors (Lipinski definition) is 3. The van der Waals surface area contributed by atoms with E-state index in [1.165, 1.54) is 6.07 Å². The van der Waals surface area contributed by atoms with E-state index in [0.717, 1.165) is 0 Å². The minimum absolute atomic E-state index is 0.127. The summed E-state index contributed by atoms with van der Waals surface area (Å²) in [6.45, 7) is 0. The van der Waals surface area contributed by atoms with E-state index >= 15 is 0 Å². The average molecular weight is 361 g/mol. The molecule has 0 radical (unpaired) electrons. The molecule has 3 nitrogen and oxygen atoms in total. The summed E-state index contributed by atoms with van der Waals surface area (Å²) in [7, 11) is -3.48. The molecule has 2 aromatic rings. The Labute approximate surface area is 125 Å².